The predicted octanol–water partition coefficient (Wildman–Crippen LogP) is 3.07. The number of rotatable bonds is 5. The number of nitrogens with two attached hydrogens (primary N) is 1. The molecule has 4 nitrogen and oxygen atoms in total. The third kappa shape index (κ3) is 6.59. The van der Waals surface area contributed by atoms with Gasteiger partial charge in [-0.2, -0.15) is 0 Å². The van der Waals surface area contributed by atoms with Gasteiger partial charge in [-0.1, -0.05) is 34.5 Å². The van der Waals surface area contributed by atoms with Gasteiger partial charge >= 0.3 is 0 Å². The molecule has 2 rings (SSSR count). The van der Waals surface area contributed by atoms with E-state index in [-0.39, 0.29) is 30.7 Å². The minimum absolute atomic E-state index is 0. The molecule has 1 aliphatic rings. The van der Waals surface area contributed by atoms with Crippen molar-refractivity contribution < 1.29 is 4.79 Å². The van der Waals surface area contributed by atoms with E-state index in [1.807, 2.05) is 24.3 Å². The highest BCUT2D eigenvalue weighted by molar-refractivity contribution is 9.10. The van der Waals surface area contributed by atoms with Gasteiger partial charge in [0.2, 0.25) is 5.91 Å². The highest BCUT2D eigenvalue weighted by Gasteiger charge is 2.30. The average Bonchev–Trinajstić information content (AvgIpc) is 2.48. The molecule has 0 spiro atoms. The Morgan fingerprint density at radius 2 is 1.78 bits per heavy atom. The SMILES string of the molecule is CC(N)(C(=O)NCCN1CCCCC1)c1ccc(Br)cc1.Cl.Cl. The van der Waals surface area contributed by atoms with Gasteiger partial charge in [0, 0.05) is 17.6 Å². The molecule has 1 amide bonds. The molecule has 1 saturated heterocycles. The third-order valence-corrected chi connectivity index (χ3v) is 4.61. The molecule has 1 aliphatic heterocycles. The Hall–Kier alpha value is -0.330. The number of likely N-dealkylation sites (tertiary alicyclic amines) is 1. The topological polar surface area (TPSA) is 58.4 Å². The Balaban J connectivity index is 0.00000242. The average molecular weight is 427 g/mol. The molecule has 0 bridgehead atoms. The lowest BCUT2D eigenvalue weighted by atomic mass is 9.92. The second kappa shape index (κ2) is 10.5. The number of halogens is 3. The molecule has 132 valence electrons. The van der Waals surface area contributed by atoms with Gasteiger partial charge in [0.25, 0.3) is 0 Å². The quantitative estimate of drug-likeness (QED) is 0.760. The molecular formula is C16H26BrCl2N3O. The van der Waals surface area contributed by atoms with E-state index in [0.717, 1.165) is 29.7 Å². The first-order valence-corrected chi connectivity index (χ1v) is 8.35. The lowest BCUT2D eigenvalue weighted by molar-refractivity contribution is -0.126. The summed E-state index contributed by atoms with van der Waals surface area (Å²) < 4.78 is 0.979. The van der Waals surface area contributed by atoms with E-state index in [4.69, 9.17) is 5.73 Å². The fourth-order valence-corrected chi connectivity index (χ4v) is 2.89. The maximum atomic E-state index is 12.3. The number of carbonyl (C=O) groups excluding carboxylic acids is 1. The van der Waals surface area contributed by atoms with Crippen molar-refractivity contribution in [2.75, 3.05) is 26.2 Å². The summed E-state index contributed by atoms with van der Waals surface area (Å²) in [4.78, 5) is 14.7. The number of piperidine rings is 1. The summed E-state index contributed by atoms with van der Waals surface area (Å²) in [7, 11) is 0. The maximum Gasteiger partial charge on any atom is 0.244 e. The zero-order valence-corrected chi connectivity index (χ0v) is 16.6. The molecule has 1 unspecified atom stereocenters. The van der Waals surface area contributed by atoms with E-state index in [0.29, 0.717) is 6.54 Å². The van der Waals surface area contributed by atoms with Gasteiger partial charge in [-0.3, -0.25) is 4.79 Å². The molecular weight excluding hydrogens is 401 g/mol. The van der Waals surface area contributed by atoms with Gasteiger partial charge in [0.05, 0.1) is 0 Å². The van der Waals surface area contributed by atoms with Crippen molar-refractivity contribution in [2.45, 2.75) is 31.7 Å². The Kier molecular flexibility index (Phi) is 10.4. The van der Waals surface area contributed by atoms with Crippen LogP contribution in [0.1, 0.15) is 31.7 Å². The molecule has 23 heavy (non-hydrogen) atoms. The molecule has 1 heterocycles. The zero-order valence-electron chi connectivity index (χ0n) is 13.4. The van der Waals surface area contributed by atoms with E-state index in [2.05, 4.69) is 26.1 Å². The van der Waals surface area contributed by atoms with Gasteiger partial charge in [-0.05, 0) is 50.6 Å². The van der Waals surface area contributed by atoms with Crippen molar-refractivity contribution >= 4 is 46.7 Å². The van der Waals surface area contributed by atoms with Crippen LogP contribution < -0.4 is 11.1 Å². The monoisotopic (exact) mass is 425 g/mol. The second-order valence-electron chi connectivity index (χ2n) is 5.87. The molecule has 0 radical (unpaired) electrons. The predicted molar refractivity (Wildman–Crippen MR) is 103 cm³/mol. The van der Waals surface area contributed by atoms with E-state index >= 15 is 0 Å². The number of hydrogen-bond acceptors (Lipinski definition) is 3. The van der Waals surface area contributed by atoms with Crippen molar-refractivity contribution in [1.82, 2.24) is 10.2 Å². The largest absolute Gasteiger partial charge is 0.353 e. The van der Waals surface area contributed by atoms with E-state index < -0.39 is 5.54 Å². The summed E-state index contributed by atoms with van der Waals surface area (Å²) in [6.07, 6.45) is 3.86. The van der Waals surface area contributed by atoms with Crippen molar-refractivity contribution in [2.24, 2.45) is 5.73 Å². The van der Waals surface area contributed by atoms with Gasteiger partial charge in [0.15, 0.2) is 0 Å². The van der Waals surface area contributed by atoms with Crippen molar-refractivity contribution in [3.05, 3.63) is 34.3 Å². The van der Waals surface area contributed by atoms with Crippen LogP contribution in [0.5, 0.6) is 0 Å². The molecule has 1 aromatic rings. The maximum absolute atomic E-state index is 12.3. The Morgan fingerprint density at radius 1 is 1.22 bits per heavy atom. The van der Waals surface area contributed by atoms with Crippen LogP contribution in [-0.4, -0.2) is 37.0 Å². The smallest absolute Gasteiger partial charge is 0.244 e. The van der Waals surface area contributed by atoms with Gasteiger partial charge in [0.1, 0.15) is 5.54 Å². The van der Waals surface area contributed by atoms with Gasteiger partial charge in [-0.15, -0.1) is 24.8 Å². The van der Waals surface area contributed by atoms with E-state index in [1.54, 1.807) is 6.92 Å². The molecule has 3 N–H and O–H groups in total. The summed E-state index contributed by atoms with van der Waals surface area (Å²) >= 11 is 3.39. The normalized spacial score (nSPS) is 17.3. The Bertz CT molecular complexity index is 477. The number of nitrogens with one attached hydrogen (secondary N) is 1. The molecule has 1 atom stereocenters. The number of benzene rings is 1. The van der Waals surface area contributed by atoms with Crippen molar-refractivity contribution in [3.63, 3.8) is 0 Å². The van der Waals surface area contributed by atoms with Crippen LogP contribution in [0.2, 0.25) is 0 Å². The number of hydrogen-bond donors (Lipinski definition) is 2. The van der Waals surface area contributed by atoms with Crippen LogP contribution in [0.25, 0.3) is 0 Å². The minimum Gasteiger partial charge on any atom is -0.353 e. The van der Waals surface area contributed by atoms with Crippen molar-refractivity contribution in [3.8, 4) is 0 Å². The second-order valence-corrected chi connectivity index (χ2v) is 6.78. The highest BCUT2D eigenvalue weighted by Crippen LogP contribution is 2.20. The summed E-state index contributed by atoms with van der Waals surface area (Å²) in [5.41, 5.74) is 6.03. The first-order valence-electron chi connectivity index (χ1n) is 7.56. The number of amides is 1. The van der Waals surface area contributed by atoms with Crippen LogP contribution in [0.4, 0.5) is 0 Å². The first-order chi connectivity index (χ1) is 10.00. The lowest BCUT2D eigenvalue weighted by Gasteiger charge is -2.28. The van der Waals surface area contributed by atoms with Crippen LogP contribution in [0.3, 0.4) is 0 Å². The van der Waals surface area contributed by atoms with Crippen LogP contribution in [-0.2, 0) is 10.3 Å². The number of carbonyl (C=O) groups is 1. The van der Waals surface area contributed by atoms with Crippen LogP contribution in [0.15, 0.2) is 28.7 Å². The fraction of sp³-hybridized carbons (Fsp3) is 0.562. The molecule has 0 saturated carbocycles. The first kappa shape index (κ1) is 22.7. The number of nitrogens with zero attached hydrogens (tertiary/aromatic N) is 1. The molecule has 1 fully saturated rings. The van der Waals surface area contributed by atoms with Gasteiger partial charge in [-0.25, -0.2) is 0 Å². The fourth-order valence-electron chi connectivity index (χ4n) is 2.62. The molecule has 0 aromatic heterocycles. The van der Waals surface area contributed by atoms with Crippen LogP contribution in [0, 0.1) is 0 Å². The van der Waals surface area contributed by atoms with Crippen molar-refractivity contribution in [1.29, 1.82) is 0 Å². The summed E-state index contributed by atoms with van der Waals surface area (Å²) in [6.45, 7) is 5.60. The van der Waals surface area contributed by atoms with E-state index in [1.165, 1.54) is 19.3 Å². The summed E-state index contributed by atoms with van der Waals surface area (Å²) in [5, 5.41) is 2.97. The Morgan fingerprint density at radius 3 is 2.35 bits per heavy atom. The highest BCUT2D eigenvalue weighted by atomic mass is 79.9. The molecule has 7 heteroatoms. The zero-order chi connectivity index (χ0) is 15.3. The van der Waals surface area contributed by atoms with E-state index in [9.17, 15) is 4.79 Å². The standard InChI is InChI=1S/C16H24BrN3O.2ClH/c1-16(18,13-5-7-14(17)8-6-13)15(21)19-9-12-20-10-3-2-4-11-20;;/h5-8H,2-4,9-12,18H2,1H3,(H,19,21);2*1H. The minimum atomic E-state index is -0.997. The lowest BCUT2D eigenvalue weighted by Crippen LogP contribution is -2.50. The Labute approximate surface area is 159 Å². The summed E-state index contributed by atoms with van der Waals surface area (Å²) in [6, 6.07) is 7.57. The summed E-state index contributed by atoms with van der Waals surface area (Å²) in [5.74, 6) is -0.123. The van der Waals surface area contributed by atoms with Crippen LogP contribution >= 0.6 is 40.7 Å². The van der Waals surface area contributed by atoms with Gasteiger partial charge < -0.3 is 16.0 Å². The molecule has 0 aliphatic carbocycles. The third-order valence-electron chi connectivity index (χ3n) is 4.08. The molecule has 1 aromatic carbocycles.